The summed E-state index contributed by atoms with van der Waals surface area (Å²) in [5.41, 5.74) is 6.09. The Morgan fingerprint density at radius 3 is 2.60 bits per heavy atom. The Morgan fingerprint density at radius 1 is 1.07 bits per heavy atom. The van der Waals surface area contributed by atoms with Crippen molar-refractivity contribution >= 4 is 28.1 Å². The van der Waals surface area contributed by atoms with E-state index in [4.69, 9.17) is 17.0 Å². The van der Waals surface area contributed by atoms with Crippen LogP contribution >= 0.6 is 28.1 Å². The van der Waals surface area contributed by atoms with Crippen molar-refractivity contribution in [2.45, 2.75) is 13.2 Å². The van der Waals surface area contributed by atoms with Crippen molar-refractivity contribution in [2.75, 3.05) is 5.43 Å². The maximum atomic E-state index is 13.1. The normalized spacial score (nSPS) is 10.7. The van der Waals surface area contributed by atoms with Gasteiger partial charge in [-0.3, -0.25) is 0 Å². The highest BCUT2D eigenvalue weighted by Crippen LogP contribution is 2.25. The van der Waals surface area contributed by atoms with Gasteiger partial charge in [-0.25, -0.2) is 14.2 Å². The number of hydrogen-bond donors (Lipinski definition) is 2. The second-order valence-electron chi connectivity index (χ2n) is 6.56. The van der Waals surface area contributed by atoms with Crippen LogP contribution < -0.4 is 10.2 Å². The minimum Gasteiger partial charge on any atom is -0.489 e. The minimum absolute atomic E-state index is 0.265. The third-order valence-electron chi connectivity index (χ3n) is 4.46. The largest absolute Gasteiger partial charge is 0.489 e. The number of aromatic amines is 1. The Bertz CT molecular complexity index is 1190. The first-order valence-electron chi connectivity index (χ1n) is 9.22. The van der Waals surface area contributed by atoms with Gasteiger partial charge in [0, 0.05) is 15.6 Å². The number of benzene rings is 3. The van der Waals surface area contributed by atoms with Gasteiger partial charge >= 0.3 is 0 Å². The Balaban J connectivity index is 1.53. The van der Waals surface area contributed by atoms with E-state index in [0.717, 1.165) is 26.9 Å². The number of H-pyrrole nitrogens is 1. The number of nitrogens with zero attached hydrogens (tertiary/aromatic N) is 2. The maximum absolute atomic E-state index is 13.1. The van der Waals surface area contributed by atoms with Gasteiger partial charge in [0.05, 0.1) is 6.54 Å². The number of rotatable bonds is 7. The van der Waals surface area contributed by atoms with Crippen LogP contribution in [-0.4, -0.2) is 14.9 Å². The second-order valence-corrected chi connectivity index (χ2v) is 7.86. The number of halogens is 2. The molecule has 1 aromatic heterocycles. The first-order chi connectivity index (χ1) is 14.6. The van der Waals surface area contributed by atoms with E-state index in [1.807, 2.05) is 48.5 Å². The van der Waals surface area contributed by atoms with E-state index in [0.29, 0.717) is 23.7 Å². The number of nitrogens with one attached hydrogen (secondary N) is 2. The van der Waals surface area contributed by atoms with Gasteiger partial charge in [0.15, 0.2) is 5.82 Å². The van der Waals surface area contributed by atoms with E-state index in [1.54, 1.807) is 16.8 Å². The fourth-order valence-corrected chi connectivity index (χ4v) is 3.56. The van der Waals surface area contributed by atoms with Crippen molar-refractivity contribution in [3.63, 3.8) is 0 Å². The molecule has 0 aliphatic carbocycles. The molecule has 0 saturated carbocycles. The third-order valence-corrected chi connectivity index (χ3v) is 5.23. The number of hydrogen-bond acceptors (Lipinski definition) is 4. The molecule has 2 N–H and O–H groups in total. The minimum atomic E-state index is -0.265. The molecule has 0 aliphatic rings. The summed E-state index contributed by atoms with van der Waals surface area (Å²) < 4.78 is 22.3. The molecule has 0 atom stereocenters. The van der Waals surface area contributed by atoms with E-state index in [1.165, 1.54) is 12.1 Å². The van der Waals surface area contributed by atoms with Crippen molar-refractivity contribution in [3.8, 4) is 17.1 Å². The Hall–Kier alpha value is -2.97. The first kappa shape index (κ1) is 20.3. The van der Waals surface area contributed by atoms with Gasteiger partial charge in [-0.1, -0.05) is 58.4 Å². The summed E-state index contributed by atoms with van der Waals surface area (Å²) in [4.78, 5) is 0. The van der Waals surface area contributed by atoms with Crippen LogP contribution in [0.15, 0.2) is 77.3 Å². The Kier molecular flexibility index (Phi) is 6.25. The topological polar surface area (TPSA) is 54.9 Å². The van der Waals surface area contributed by atoms with E-state index >= 15 is 0 Å². The molecular weight excluding hydrogens is 467 g/mol. The lowest BCUT2D eigenvalue weighted by molar-refractivity contribution is 0.303. The van der Waals surface area contributed by atoms with Gasteiger partial charge < -0.3 is 10.2 Å². The molecule has 0 unspecified atom stereocenters. The van der Waals surface area contributed by atoms with Gasteiger partial charge in [0.2, 0.25) is 4.77 Å². The predicted octanol–water partition coefficient (Wildman–Crippen LogP) is 5.83. The van der Waals surface area contributed by atoms with Gasteiger partial charge in [-0.05, 0) is 48.1 Å². The van der Waals surface area contributed by atoms with Crippen molar-refractivity contribution in [2.24, 2.45) is 0 Å². The van der Waals surface area contributed by atoms with Crippen LogP contribution in [0.3, 0.4) is 0 Å². The van der Waals surface area contributed by atoms with Gasteiger partial charge in [-0.15, -0.1) is 0 Å². The molecule has 152 valence electrons. The SMILES string of the molecule is Fc1ccc(COc2ccc(Br)cc2CNn2c(-c3ccccc3)n[nH]c2=S)cc1. The molecule has 1 heterocycles. The monoisotopic (exact) mass is 484 g/mol. The molecule has 0 spiro atoms. The standard InChI is InChI=1S/C22H18BrFN4OS/c23-18-8-11-20(29-14-15-6-9-19(24)10-7-15)17(12-18)13-25-28-21(26-27-22(28)30)16-4-2-1-3-5-16/h1-12,25H,13-14H2,(H,27,30). The molecule has 0 aliphatic heterocycles. The summed E-state index contributed by atoms with van der Waals surface area (Å²) in [6, 6.07) is 21.9. The highest BCUT2D eigenvalue weighted by molar-refractivity contribution is 9.10. The van der Waals surface area contributed by atoms with Gasteiger partial charge in [-0.2, -0.15) is 5.10 Å². The summed E-state index contributed by atoms with van der Waals surface area (Å²) in [6.45, 7) is 0.807. The lowest BCUT2D eigenvalue weighted by Gasteiger charge is -2.15. The van der Waals surface area contributed by atoms with Gasteiger partial charge in [0.1, 0.15) is 18.2 Å². The summed E-state index contributed by atoms with van der Waals surface area (Å²) in [5.74, 6) is 1.16. The third kappa shape index (κ3) is 4.77. The molecule has 5 nitrogen and oxygen atoms in total. The fraction of sp³-hybridized carbons (Fsp3) is 0.0909. The van der Waals surface area contributed by atoms with E-state index in [9.17, 15) is 4.39 Å². The van der Waals surface area contributed by atoms with Crippen LogP contribution in [0.1, 0.15) is 11.1 Å². The highest BCUT2D eigenvalue weighted by Gasteiger charge is 2.11. The van der Waals surface area contributed by atoms with E-state index < -0.39 is 0 Å². The zero-order valence-corrected chi connectivity index (χ0v) is 18.2. The maximum Gasteiger partial charge on any atom is 0.214 e. The van der Waals surface area contributed by atoms with Crippen molar-refractivity contribution in [1.82, 2.24) is 14.9 Å². The fourth-order valence-electron chi connectivity index (χ4n) is 2.96. The van der Waals surface area contributed by atoms with Crippen LogP contribution in [-0.2, 0) is 13.2 Å². The predicted molar refractivity (Wildman–Crippen MR) is 121 cm³/mol. The van der Waals surface area contributed by atoms with Crippen LogP contribution in [0.25, 0.3) is 11.4 Å². The molecule has 0 amide bonds. The summed E-state index contributed by atoms with van der Waals surface area (Å²) in [6.07, 6.45) is 0. The van der Waals surface area contributed by atoms with E-state index in [-0.39, 0.29) is 5.82 Å². The Labute approximate surface area is 186 Å². The zero-order valence-electron chi connectivity index (χ0n) is 15.8. The van der Waals surface area contributed by atoms with Crippen molar-refractivity contribution < 1.29 is 9.13 Å². The average Bonchev–Trinajstić information content (AvgIpc) is 3.13. The van der Waals surface area contributed by atoms with Crippen LogP contribution in [0.2, 0.25) is 0 Å². The average molecular weight is 485 g/mol. The first-order valence-corrected chi connectivity index (χ1v) is 10.4. The number of aromatic nitrogens is 3. The summed E-state index contributed by atoms with van der Waals surface area (Å²) in [7, 11) is 0. The molecule has 4 rings (SSSR count). The van der Waals surface area contributed by atoms with Crippen molar-refractivity contribution in [1.29, 1.82) is 0 Å². The molecule has 0 bridgehead atoms. The molecule has 3 aromatic carbocycles. The van der Waals surface area contributed by atoms with E-state index in [2.05, 4.69) is 31.6 Å². The molecular formula is C22H18BrFN4OS. The highest BCUT2D eigenvalue weighted by atomic mass is 79.9. The van der Waals surface area contributed by atoms with Crippen molar-refractivity contribution in [3.05, 3.63) is 99.0 Å². The molecule has 30 heavy (non-hydrogen) atoms. The molecule has 4 aromatic rings. The Morgan fingerprint density at radius 2 is 1.83 bits per heavy atom. The zero-order chi connectivity index (χ0) is 20.9. The summed E-state index contributed by atoms with van der Waals surface area (Å²) in [5, 5.41) is 7.16. The number of ether oxygens (including phenoxy) is 1. The molecule has 0 radical (unpaired) electrons. The lowest BCUT2D eigenvalue weighted by Crippen LogP contribution is -2.16. The molecule has 8 heteroatoms. The smallest absolute Gasteiger partial charge is 0.214 e. The second kappa shape index (κ2) is 9.23. The molecule has 0 saturated heterocycles. The molecule has 0 fully saturated rings. The van der Waals surface area contributed by atoms with Crippen LogP contribution in [0, 0.1) is 10.6 Å². The van der Waals surface area contributed by atoms with Gasteiger partial charge in [0.25, 0.3) is 0 Å². The lowest BCUT2D eigenvalue weighted by atomic mass is 10.2. The van der Waals surface area contributed by atoms with Crippen LogP contribution in [0.4, 0.5) is 4.39 Å². The van der Waals surface area contributed by atoms with Crippen LogP contribution in [0.5, 0.6) is 5.75 Å². The summed E-state index contributed by atoms with van der Waals surface area (Å²) >= 11 is 8.90. The quantitative estimate of drug-likeness (QED) is 0.324.